The molecule has 2 heterocycles. The van der Waals surface area contributed by atoms with E-state index in [1.807, 2.05) is 18.7 Å². The van der Waals surface area contributed by atoms with E-state index in [0.29, 0.717) is 0 Å². The predicted molar refractivity (Wildman–Crippen MR) is 145 cm³/mol. The number of imidazole rings is 2. The molecule has 4 heteroatoms. The van der Waals surface area contributed by atoms with Gasteiger partial charge in [-0.2, -0.15) is 0 Å². The second-order valence-corrected chi connectivity index (χ2v) is 10.0. The Morgan fingerprint density at radius 3 is 1.91 bits per heavy atom. The molecule has 188 valence electrons. The number of para-hydroxylation sites is 2. The largest absolute Gasteiger partial charge is 0.337 e. The van der Waals surface area contributed by atoms with Gasteiger partial charge < -0.3 is 9.13 Å². The number of rotatable bonds is 20. The molecule has 3 aromatic rings. The maximum Gasteiger partial charge on any atom is 0.109 e. The first-order valence-corrected chi connectivity index (χ1v) is 14.3. The maximum atomic E-state index is 4.98. The minimum atomic E-state index is 1.00. The number of hydrogen-bond donors (Lipinski definition) is 0. The first kappa shape index (κ1) is 26.5. The van der Waals surface area contributed by atoms with Gasteiger partial charge in [-0.25, -0.2) is 9.97 Å². The zero-order chi connectivity index (χ0) is 23.7. The standard InChI is InChI=1S/C30H48N4/c1-2-3-4-5-6-7-8-9-10-11-12-13-14-15-16-22-30-32-28-20-17-18-21-29(28)34(30)25-19-24-33-26-23-31-27-33/h17-18,20-21,23,26-27H,2-16,19,22,24-25H2,1H3. The lowest BCUT2D eigenvalue weighted by Gasteiger charge is -2.10. The van der Waals surface area contributed by atoms with Gasteiger partial charge in [0.2, 0.25) is 0 Å². The van der Waals surface area contributed by atoms with Crippen LogP contribution in [0.5, 0.6) is 0 Å². The summed E-state index contributed by atoms with van der Waals surface area (Å²) >= 11 is 0. The Hall–Kier alpha value is -2.10. The Labute approximate surface area is 208 Å². The topological polar surface area (TPSA) is 35.6 Å². The summed E-state index contributed by atoms with van der Waals surface area (Å²) in [7, 11) is 0. The van der Waals surface area contributed by atoms with E-state index in [9.17, 15) is 0 Å². The molecule has 0 aliphatic rings. The Bertz CT molecular complexity index is 880. The third-order valence-corrected chi connectivity index (χ3v) is 7.09. The van der Waals surface area contributed by atoms with Gasteiger partial charge in [0.25, 0.3) is 0 Å². The molecule has 0 amide bonds. The fourth-order valence-corrected chi connectivity index (χ4v) is 5.05. The van der Waals surface area contributed by atoms with Crippen molar-refractivity contribution >= 4 is 11.0 Å². The van der Waals surface area contributed by atoms with Crippen LogP contribution in [0.25, 0.3) is 11.0 Å². The number of fused-ring (bicyclic) bond motifs is 1. The number of nitrogens with zero attached hydrogens (tertiary/aromatic N) is 4. The van der Waals surface area contributed by atoms with Crippen molar-refractivity contribution < 1.29 is 0 Å². The molecule has 0 radical (unpaired) electrons. The zero-order valence-corrected chi connectivity index (χ0v) is 21.8. The highest BCUT2D eigenvalue weighted by molar-refractivity contribution is 5.75. The van der Waals surface area contributed by atoms with Crippen molar-refractivity contribution in [3.8, 4) is 0 Å². The molecule has 34 heavy (non-hydrogen) atoms. The molecular formula is C30H48N4. The van der Waals surface area contributed by atoms with Crippen molar-refractivity contribution in [2.45, 2.75) is 129 Å². The zero-order valence-electron chi connectivity index (χ0n) is 21.8. The summed E-state index contributed by atoms with van der Waals surface area (Å²) in [6.07, 6.45) is 29.1. The van der Waals surface area contributed by atoms with Crippen LogP contribution in [-0.4, -0.2) is 19.1 Å². The lowest BCUT2D eigenvalue weighted by atomic mass is 10.0. The maximum absolute atomic E-state index is 4.98. The molecule has 0 atom stereocenters. The van der Waals surface area contributed by atoms with Gasteiger partial charge in [-0.1, -0.05) is 109 Å². The van der Waals surface area contributed by atoms with Gasteiger partial charge in [0, 0.05) is 31.9 Å². The second kappa shape index (κ2) is 16.5. The number of aryl methyl sites for hydroxylation is 3. The van der Waals surface area contributed by atoms with Crippen LogP contribution in [0.15, 0.2) is 43.0 Å². The molecule has 3 rings (SSSR count). The molecule has 0 aliphatic carbocycles. The van der Waals surface area contributed by atoms with Gasteiger partial charge in [-0.15, -0.1) is 0 Å². The van der Waals surface area contributed by atoms with Crippen LogP contribution in [-0.2, 0) is 19.5 Å². The lowest BCUT2D eigenvalue weighted by molar-refractivity contribution is 0.526. The average Bonchev–Trinajstić information content (AvgIpc) is 3.50. The van der Waals surface area contributed by atoms with E-state index in [1.54, 1.807) is 0 Å². The van der Waals surface area contributed by atoms with E-state index >= 15 is 0 Å². The fourth-order valence-electron chi connectivity index (χ4n) is 5.05. The van der Waals surface area contributed by atoms with Gasteiger partial charge in [0.15, 0.2) is 0 Å². The highest BCUT2D eigenvalue weighted by atomic mass is 15.1. The molecule has 0 saturated carbocycles. The van der Waals surface area contributed by atoms with E-state index in [0.717, 1.165) is 31.4 Å². The van der Waals surface area contributed by atoms with E-state index in [4.69, 9.17) is 4.98 Å². The Kier molecular flexibility index (Phi) is 12.9. The predicted octanol–water partition coefficient (Wildman–Crippen LogP) is 8.74. The summed E-state index contributed by atoms with van der Waals surface area (Å²) in [6.45, 7) is 4.32. The van der Waals surface area contributed by atoms with Crippen LogP contribution >= 0.6 is 0 Å². The van der Waals surface area contributed by atoms with Crippen molar-refractivity contribution in [3.63, 3.8) is 0 Å². The number of hydrogen-bond acceptors (Lipinski definition) is 2. The molecule has 0 aliphatic heterocycles. The third-order valence-electron chi connectivity index (χ3n) is 7.09. The molecule has 0 spiro atoms. The molecule has 0 unspecified atom stereocenters. The highest BCUT2D eigenvalue weighted by Gasteiger charge is 2.10. The average molecular weight is 465 g/mol. The van der Waals surface area contributed by atoms with Crippen LogP contribution in [0.3, 0.4) is 0 Å². The van der Waals surface area contributed by atoms with Crippen molar-refractivity contribution in [2.24, 2.45) is 0 Å². The summed E-state index contributed by atoms with van der Waals surface area (Å²) in [6, 6.07) is 8.60. The quantitative estimate of drug-likeness (QED) is 0.157. The summed E-state index contributed by atoms with van der Waals surface area (Å²) in [4.78, 5) is 9.13. The molecule has 2 aromatic heterocycles. The number of benzene rings is 1. The normalized spacial score (nSPS) is 11.6. The van der Waals surface area contributed by atoms with Crippen LogP contribution in [0, 0.1) is 0 Å². The summed E-state index contributed by atoms with van der Waals surface area (Å²) in [5.74, 6) is 1.27. The Balaban J connectivity index is 1.25. The molecule has 0 bridgehead atoms. The number of aromatic nitrogens is 4. The van der Waals surface area contributed by atoms with E-state index in [2.05, 4.69) is 45.3 Å². The summed E-state index contributed by atoms with van der Waals surface area (Å²) in [5, 5.41) is 0. The molecule has 1 aromatic carbocycles. The second-order valence-electron chi connectivity index (χ2n) is 10.0. The Morgan fingerprint density at radius 1 is 0.676 bits per heavy atom. The van der Waals surface area contributed by atoms with Crippen molar-refractivity contribution in [1.29, 1.82) is 0 Å². The highest BCUT2D eigenvalue weighted by Crippen LogP contribution is 2.19. The summed E-state index contributed by atoms with van der Waals surface area (Å²) in [5.41, 5.74) is 2.42. The monoisotopic (exact) mass is 464 g/mol. The van der Waals surface area contributed by atoms with Crippen LogP contribution in [0.2, 0.25) is 0 Å². The molecule has 0 N–H and O–H groups in total. The minimum absolute atomic E-state index is 1.00. The molecule has 0 fully saturated rings. The molecule has 0 saturated heterocycles. The van der Waals surface area contributed by atoms with Crippen LogP contribution in [0.4, 0.5) is 0 Å². The van der Waals surface area contributed by atoms with Gasteiger partial charge >= 0.3 is 0 Å². The fraction of sp³-hybridized carbons (Fsp3) is 0.667. The van der Waals surface area contributed by atoms with Crippen molar-refractivity contribution in [3.05, 3.63) is 48.8 Å². The third kappa shape index (κ3) is 9.64. The molecular weight excluding hydrogens is 416 g/mol. The summed E-state index contributed by atoms with van der Waals surface area (Å²) < 4.78 is 4.61. The first-order valence-electron chi connectivity index (χ1n) is 14.3. The van der Waals surface area contributed by atoms with Gasteiger partial charge in [-0.05, 0) is 25.0 Å². The minimum Gasteiger partial charge on any atom is -0.337 e. The number of unbranched alkanes of at least 4 members (excludes halogenated alkanes) is 14. The van der Waals surface area contributed by atoms with E-state index in [-0.39, 0.29) is 0 Å². The van der Waals surface area contributed by atoms with Gasteiger partial charge in [0.05, 0.1) is 17.4 Å². The van der Waals surface area contributed by atoms with Gasteiger partial charge in [0.1, 0.15) is 5.82 Å². The van der Waals surface area contributed by atoms with Gasteiger partial charge in [-0.3, -0.25) is 0 Å². The van der Waals surface area contributed by atoms with E-state index in [1.165, 1.54) is 108 Å². The van der Waals surface area contributed by atoms with E-state index < -0.39 is 0 Å². The first-order chi connectivity index (χ1) is 16.9. The SMILES string of the molecule is CCCCCCCCCCCCCCCCCc1nc2ccccc2n1CCCn1ccnc1. The molecule has 4 nitrogen and oxygen atoms in total. The lowest BCUT2D eigenvalue weighted by Crippen LogP contribution is -2.07. The van der Waals surface area contributed by atoms with Crippen LogP contribution < -0.4 is 0 Å². The smallest absolute Gasteiger partial charge is 0.109 e. The van der Waals surface area contributed by atoms with Crippen molar-refractivity contribution in [1.82, 2.24) is 19.1 Å². The Morgan fingerprint density at radius 2 is 1.29 bits per heavy atom. The van der Waals surface area contributed by atoms with Crippen molar-refractivity contribution in [2.75, 3.05) is 0 Å². The van der Waals surface area contributed by atoms with Crippen LogP contribution in [0.1, 0.15) is 115 Å².